The maximum absolute atomic E-state index is 5.34. The normalized spacial score (nSPS) is 10.9. The highest BCUT2D eigenvalue weighted by atomic mass is 16.3. The number of hydrogen-bond donors (Lipinski definition) is 0. The molecular formula is C16H14O. The fraction of sp³-hybridized carbons (Fsp3) is 0.125. The van der Waals surface area contributed by atoms with Crippen LogP contribution in [0.3, 0.4) is 0 Å². The first kappa shape index (κ1) is 10.2. The average Bonchev–Trinajstić information content (AvgIpc) is 2.79. The minimum Gasteiger partial charge on any atom is -0.464 e. The van der Waals surface area contributed by atoms with Crippen molar-refractivity contribution in [1.82, 2.24) is 0 Å². The lowest BCUT2D eigenvalue weighted by Crippen LogP contribution is -1.87. The third-order valence-electron chi connectivity index (χ3n) is 3.05. The molecule has 0 aliphatic carbocycles. The first-order chi connectivity index (χ1) is 8.31. The molecule has 0 N–H and O–H groups in total. The van der Waals surface area contributed by atoms with Gasteiger partial charge in [-0.3, -0.25) is 0 Å². The van der Waals surface area contributed by atoms with Gasteiger partial charge in [0.05, 0.1) is 6.26 Å². The lowest BCUT2D eigenvalue weighted by atomic mass is 10.0. The second kappa shape index (κ2) is 4.10. The molecule has 3 rings (SSSR count). The average molecular weight is 222 g/mol. The highest BCUT2D eigenvalue weighted by Crippen LogP contribution is 2.19. The van der Waals surface area contributed by atoms with Crippen LogP contribution in [0.15, 0.2) is 59.2 Å². The largest absolute Gasteiger partial charge is 0.464 e. The Morgan fingerprint density at radius 1 is 0.882 bits per heavy atom. The van der Waals surface area contributed by atoms with Crippen molar-refractivity contribution >= 4 is 11.0 Å². The molecule has 1 aromatic heterocycles. The van der Waals surface area contributed by atoms with Gasteiger partial charge < -0.3 is 4.42 Å². The van der Waals surface area contributed by atoms with E-state index >= 15 is 0 Å². The van der Waals surface area contributed by atoms with Crippen molar-refractivity contribution in [3.8, 4) is 0 Å². The Hall–Kier alpha value is -2.02. The summed E-state index contributed by atoms with van der Waals surface area (Å²) >= 11 is 0. The van der Waals surface area contributed by atoms with Crippen LogP contribution < -0.4 is 0 Å². The van der Waals surface area contributed by atoms with Gasteiger partial charge in [0.1, 0.15) is 5.58 Å². The molecular weight excluding hydrogens is 208 g/mol. The third kappa shape index (κ3) is 2.09. The number of rotatable bonds is 2. The molecule has 0 bridgehead atoms. The van der Waals surface area contributed by atoms with Crippen molar-refractivity contribution in [2.45, 2.75) is 13.3 Å². The lowest BCUT2D eigenvalue weighted by molar-refractivity contribution is 0.616. The van der Waals surface area contributed by atoms with Gasteiger partial charge in [-0.05, 0) is 42.7 Å². The zero-order chi connectivity index (χ0) is 11.7. The number of hydrogen-bond acceptors (Lipinski definition) is 1. The summed E-state index contributed by atoms with van der Waals surface area (Å²) in [5, 5.41) is 1.18. The predicted molar refractivity (Wildman–Crippen MR) is 70.2 cm³/mol. The molecule has 0 spiro atoms. The Balaban J connectivity index is 1.91. The van der Waals surface area contributed by atoms with Crippen molar-refractivity contribution in [3.05, 3.63) is 71.5 Å². The number of aryl methyl sites for hydroxylation is 1. The van der Waals surface area contributed by atoms with Crippen LogP contribution in [0.25, 0.3) is 11.0 Å². The minimum atomic E-state index is 0.956. The summed E-state index contributed by atoms with van der Waals surface area (Å²) < 4.78 is 5.34. The van der Waals surface area contributed by atoms with Gasteiger partial charge in [-0.25, -0.2) is 0 Å². The van der Waals surface area contributed by atoms with Crippen molar-refractivity contribution in [2.24, 2.45) is 0 Å². The van der Waals surface area contributed by atoms with Crippen molar-refractivity contribution in [2.75, 3.05) is 0 Å². The maximum Gasteiger partial charge on any atom is 0.133 e. The smallest absolute Gasteiger partial charge is 0.133 e. The van der Waals surface area contributed by atoms with E-state index in [2.05, 4.69) is 43.3 Å². The van der Waals surface area contributed by atoms with E-state index in [1.54, 1.807) is 6.26 Å². The third-order valence-corrected chi connectivity index (χ3v) is 3.05. The SMILES string of the molecule is Cc1ccc(Cc2ccc3occc3c2)cc1. The number of furan rings is 1. The summed E-state index contributed by atoms with van der Waals surface area (Å²) in [7, 11) is 0. The van der Waals surface area contributed by atoms with Crippen LogP contribution in [0.4, 0.5) is 0 Å². The van der Waals surface area contributed by atoms with E-state index < -0.39 is 0 Å². The zero-order valence-corrected chi connectivity index (χ0v) is 9.81. The zero-order valence-electron chi connectivity index (χ0n) is 9.81. The molecule has 0 aliphatic heterocycles. The molecule has 0 amide bonds. The summed E-state index contributed by atoms with van der Waals surface area (Å²) in [6, 6.07) is 17.1. The van der Waals surface area contributed by atoms with E-state index in [0.29, 0.717) is 0 Å². The molecule has 0 radical (unpaired) electrons. The summed E-state index contributed by atoms with van der Waals surface area (Å²) in [5.74, 6) is 0. The second-order valence-electron chi connectivity index (χ2n) is 4.46. The summed E-state index contributed by atoms with van der Waals surface area (Å²) in [5.41, 5.74) is 4.93. The van der Waals surface area contributed by atoms with E-state index in [1.807, 2.05) is 12.1 Å². The van der Waals surface area contributed by atoms with Gasteiger partial charge in [0.25, 0.3) is 0 Å². The standard InChI is InChI=1S/C16H14O/c1-12-2-4-13(5-3-12)10-14-6-7-16-15(11-14)8-9-17-16/h2-9,11H,10H2,1H3. The molecule has 0 atom stereocenters. The number of benzene rings is 2. The molecule has 1 nitrogen and oxygen atoms in total. The monoisotopic (exact) mass is 222 g/mol. The molecule has 1 heterocycles. The predicted octanol–water partition coefficient (Wildman–Crippen LogP) is 4.33. The van der Waals surface area contributed by atoms with Crippen LogP contribution in [-0.4, -0.2) is 0 Å². The Bertz CT molecular complexity index is 632. The summed E-state index contributed by atoms with van der Waals surface area (Å²) in [6.45, 7) is 2.11. The molecule has 17 heavy (non-hydrogen) atoms. The molecule has 3 aromatic rings. The Morgan fingerprint density at radius 3 is 2.47 bits per heavy atom. The molecule has 84 valence electrons. The van der Waals surface area contributed by atoms with E-state index in [1.165, 1.54) is 22.1 Å². The first-order valence-electron chi connectivity index (χ1n) is 5.83. The topological polar surface area (TPSA) is 13.1 Å². The van der Waals surface area contributed by atoms with Crippen molar-refractivity contribution in [1.29, 1.82) is 0 Å². The number of fused-ring (bicyclic) bond motifs is 1. The molecule has 0 saturated carbocycles. The van der Waals surface area contributed by atoms with Gasteiger partial charge in [-0.2, -0.15) is 0 Å². The molecule has 0 fully saturated rings. The fourth-order valence-electron chi connectivity index (χ4n) is 2.07. The quantitative estimate of drug-likeness (QED) is 0.629. The van der Waals surface area contributed by atoms with E-state index in [4.69, 9.17) is 4.42 Å². The lowest BCUT2D eigenvalue weighted by Gasteiger charge is -2.02. The van der Waals surface area contributed by atoms with Gasteiger partial charge in [0, 0.05) is 5.39 Å². The van der Waals surface area contributed by atoms with E-state index in [9.17, 15) is 0 Å². The molecule has 1 heteroatoms. The fourth-order valence-corrected chi connectivity index (χ4v) is 2.07. The van der Waals surface area contributed by atoms with E-state index in [-0.39, 0.29) is 0 Å². The molecule has 0 saturated heterocycles. The van der Waals surface area contributed by atoms with Crippen LogP contribution in [0, 0.1) is 6.92 Å². The van der Waals surface area contributed by atoms with Gasteiger partial charge >= 0.3 is 0 Å². The van der Waals surface area contributed by atoms with Crippen LogP contribution in [0.5, 0.6) is 0 Å². The van der Waals surface area contributed by atoms with Gasteiger partial charge in [-0.1, -0.05) is 35.9 Å². The minimum absolute atomic E-state index is 0.956. The highest BCUT2D eigenvalue weighted by molar-refractivity contribution is 5.77. The molecule has 0 unspecified atom stereocenters. The first-order valence-corrected chi connectivity index (χ1v) is 5.83. The van der Waals surface area contributed by atoms with Crippen molar-refractivity contribution in [3.63, 3.8) is 0 Å². The maximum atomic E-state index is 5.34. The summed E-state index contributed by atoms with van der Waals surface area (Å²) in [6.07, 6.45) is 2.71. The van der Waals surface area contributed by atoms with Crippen LogP contribution >= 0.6 is 0 Å². The van der Waals surface area contributed by atoms with Crippen LogP contribution in [0.1, 0.15) is 16.7 Å². The Morgan fingerprint density at radius 2 is 1.65 bits per heavy atom. The second-order valence-corrected chi connectivity index (χ2v) is 4.46. The highest BCUT2D eigenvalue weighted by Gasteiger charge is 2.00. The Labute approximate surface area is 101 Å². The van der Waals surface area contributed by atoms with Crippen LogP contribution in [-0.2, 0) is 6.42 Å². The van der Waals surface area contributed by atoms with Gasteiger partial charge in [0.15, 0.2) is 0 Å². The van der Waals surface area contributed by atoms with Crippen molar-refractivity contribution < 1.29 is 4.42 Å². The molecule has 2 aromatic carbocycles. The summed E-state index contributed by atoms with van der Waals surface area (Å²) in [4.78, 5) is 0. The Kier molecular flexibility index (Phi) is 2.45. The van der Waals surface area contributed by atoms with Crippen LogP contribution in [0.2, 0.25) is 0 Å². The molecule has 0 aliphatic rings. The van der Waals surface area contributed by atoms with Gasteiger partial charge in [-0.15, -0.1) is 0 Å². The van der Waals surface area contributed by atoms with Gasteiger partial charge in [0.2, 0.25) is 0 Å². The van der Waals surface area contributed by atoms with E-state index in [0.717, 1.165) is 12.0 Å².